The van der Waals surface area contributed by atoms with E-state index in [1.807, 2.05) is 30.3 Å². The second-order valence-electron chi connectivity index (χ2n) is 7.14. The summed E-state index contributed by atoms with van der Waals surface area (Å²) in [7, 11) is 3.22. The Kier molecular flexibility index (Phi) is 8.07. The number of benzene rings is 2. The number of nitrogens with zero attached hydrogens (tertiary/aromatic N) is 1. The fourth-order valence-electron chi connectivity index (χ4n) is 3.09. The highest BCUT2D eigenvalue weighted by Gasteiger charge is 2.09. The lowest BCUT2D eigenvalue weighted by atomic mass is 10.1. The van der Waals surface area contributed by atoms with Gasteiger partial charge in [-0.1, -0.05) is 6.07 Å². The van der Waals surface area contributed by atoms with Crippen LogP contribution in [-0.4, -0.2) is 61.0 Å². The molecule has 1 amide bonds. The van der Waals surface area contributed by atoms with Crippen LogP contribution in [0.25, 0.3) is 11.4 Å². The van der Waals surface area contributed by atoms with Crippen molar-refractivity contribution in [3.63, 3.8) is 0 Å². The summed E-state index contributed by atoms with van der Waals surface area (Å²) in [5, 5.41) is 13.4. The Labute approximate surface area is 186 Å². The van der Waals surface area contributed by atoms with Gasteiger partial charge in [0.25, 0.3) is 5.91 Å². The van der Waals surface area contributed by atoms with E-state index in [0.717, 1.165) is 17.5 Å². The van der Waals surface area contributed by atoms with Gasteiger partial charge >= 0.3 is 0 Å². The molecule has 0 aliphatic rings. The zero-order valence-corrected chi connectivity index (χ0v) is 18.1. The summed E-state index contributed by atoms with van der Waals surface area (Å²) in [6.07, 6.45) is 1.54. The van der Waals surface area contributed by atoms with Crippen molar-refractivity contribution < 1.29 is 24.1 Å². The predicted octanol–water partition coefficient (Wildman–Crippen LogP) is 1.76. The summed E-state index contributed by atoms with van der Waals surface area (Å²) in [6, 6.07) is 13.0. The van der Waals surface area contributed by atoms with Crippen molar-refractivity contribution >= 4 is 5.91 Å². The van der Waals surface area contributed by atoms with Crippen LogP contribution in [0.15, 0.2) is 48.7 Å². The van der Waals surface area contributed by atoms with Crippen LogP contribution in [-0.2, 0) is 6.42 Å². The first-order chi connectivity index (χ1) is 15.5. The molecule has 0 spiro atoms. The smallest absolute Gasteiger partial charge is 0.266 e. The van der Waals surface area contributed by atoms with Gasteiger partial charge in [0.05, 0.1) is 20.4 Å². The molecule has 0 radical (unpaired) electrons. The second-order valence-corrected chi connectivity index (χ2v) is 7.14. The number of imidazole rings is 1. The molecule has 0 saturated heterocycles. The van der Waals surface area contributed by atoms with Crippen LogP contribution in [0.3, 0.4) is 0 Å². The van der Waals surface area contributed by atoms with Gasteiger partial charge in [-0.15, -0.1) is 0 Å². The fourth-order valence-corrected chi connectivity index (χ4v) is 3.09. The number of nitrogens with one attached hydrogen (secondary N) is 2. The fraction of sp³-hybridized carbons (Fsp3) is 0.304. The minimum Gasteiger partial charge on any atom is -0.493 e. The maximum atomic E-state index is 11.2. The lowest BCUT2D eigenvalue weighted by Gasteiger charge is -2.14. The van der Waals surface area contributed by atoms with E-state index in [1.165, 1.54) is 6.20 Å². The number of amides is 1. The van der Waals surface area contributed by atoms with Gasteiger partial charge in [0, 0.05) is 12.1 Å². The summed E-state index contributed by atoms with van der Waals surface area (Å²) in [4.78, 5) is 18.2. The molecule has 1 aromatic heterocycles. The van der Waals surface area contributed by atoms with Gasteiger partial charge in [-0.3, -0.25) is 4.79 Å². The Bertz CT molecular complexity index is 1020. The molecule has 1 heterocycles. The van der Waals surface area contributed by atoms with Crippen molar-refractivity contribution in [3.8, 4) is 28.6 Å². The third kappa shape index (κ3) is 6.22. The van der Waals surface area contributed by atoms with E-state index >= 15 is 0 Å². The van der Waals surface area contributed by atoms with E-state index in [-0.39, 0.29) is 12.3 Å². The van der Waals surface area contributed by atoms with Gasteiger partial charge in [-0.05, 0) is 54.9 Å². The van der Waals surface area contributed by atoms with Crippen LogP contribution < -0.4 is 25.3 Å². The number of hydrogen-bond donors (Lipinski definition) is 4. The van der Waals surface area contributed by atoms with Crippen molar-refractivity contribution in [2.75, 3.05) is 33.9 Å². The normalized spacial score (nSPS) is 11.7. The van der Waals surface area contributed by atoms with Gasteiger partial charge in [0.2, 0.25) is 0 Å². The topological polar surface area (TPSA) is 132 Å². The van der Waals surface area contributed by atoms with Crippen LogP contribution in [0.5, 0.6) is 17.2 Å². The van der Waals surface area contributed by atoms with Crippen molar-refractivity contribution in [1.82, 2.24) is 15.3 Å². The molecule has 0 saturated carbocycles. The lowest BCUT2D eigenvalue weighted by Crippen LogP contribution is -2.32. The molecule has 5 N–H and O–H groups in total. The number of aliphatic hydroxyl groups excluding tert-OH is 1. The molecular formula is C23H28N4O5. The van der Waals surface area contributed by atoms with E-state index < -0.39 is 12.0 Å². The van der Waals surface area contributed by atoms with Crippen molar-refractivity contribution in [2.45, 2.75) is 12.5 Å². The van der Waals surface area contributed by atoms with Crippen LogP contribution in [0, 0.1) is 0 Å². The molecule has 0 fully saturated rings. The van der Waals surface area contributed by atoms with Crippen LogP contribution in [0.2, 0.25) is 0 Å². The SMILES string of the molecule is COc1ccc(CCNCC(O)COc2ccc(-c3ncc(C(N)=O)[nH]3)cc2)cc1OC. The number of aliphatic hydroxyl groups is 1. The number of aromatic nitrogens is 2. The zero-order valence-electron chi connectivity index (χ0n) is 18.1. The number of hydrogen-bond acceptors (Lipinski definition) is 7. The molecular weight excluding hydrogens is 412 g/mol. The quantitative estimate of drug-likeness (QED) is 0.316. The van der Waals surface area contributed by atoms with Crippen molar-refractivity contribution in [3.05, 3.63) is 59.9 Å². The van der Waals surface area contributed by atoms with Crippen LogP contribution in [0.4, 0.5) is 0 Å². The Morgan fingerprint density at radius 3 is 2.56 bits per heavy atom. The van der Waals surface area contributed by atoms with Gasteiger partial charge in [-0.2, -0.15) is 0 Å². The van der Waals surface area contributed by atoms with Gasteiger partial charge in [0.15, 0.2) is 11.5 Å². The van der Waals surface area contributed by atoms with Gasteiger partial charge < -0.3 is 35.4 Å². The maximum absolute atomic E-state index is 11.2. The number of methoxy groups -OCH3 is 2. The Morgan fingerprint density at radius 1 is 1.16 bits per heavy atom. The average Bonchev–Trinajstić information content (AvgIpc) is 3.31. The number of ether oxygens (including phenoxy) is 3. The zero-order chi connectivity index (χ0) is 22.9. The third-order valence-electron chi connectivity index (χ3n) is 4.83. The van der Waals surface area contributed by atoms with E-state index in [4.69, 9.17) is 19.9 Å². The number of carbonyl (C=O) groups excluding carboxylic acids is 1. The standard InChI is InChI=1S/C23H28N4O5/c1-30-20-8-3-15(11-21(20)31-2)9-10-25-12-17(28)14-32-18-6-4-16(5-7-18)23-26-13-19(27-23)22(24)29/h3-8,11,13,17,25,28H,9-10,12,14H2,1-2H3,(H2,24,29)(H,26,27). The van der Waals surface area contributed by atoms with Crippen LogP contribution in [0.1, 0.15) is 16.1 Å². The van der Waals surface area contributed by atoms with E-state index in [1.54, 1.807) is 26.4 Å². The highest BCUT2D eigenvalue weighted by Crippen LogP contribution is 2.27. The molecule has 9 nitrogen and oxygen atoms in total. The molecule has 170 valence electrons. The van der Waals surface area contributed by atoms with Crippen LogP contribution >= 0.6 is 0 Å². The molecule has 1 unspecified atom stereocenters. The average molecular weight is 441 g/mol. The predicted molar refractivity (Wildman–Crippen MR) is 120 cm³/mol. The molecule has 32 heavy (non-hydrogen) atoms. The number of primary amides is 1. The molecule has 1 atom stereocenters. The minimum atomic E-state index is -0.650. The maximum Gasteiger partial charge on any atom is 0.266 e. The minimum absolute atomic E-state index is 0.162. The molecule has 0 aliphatic heterocycles. The first-order valence-corrected chi connectivity index (χ1v) is 10.2. The summed E-state index contributed by atoms with van der Waals surface area (Å²) in [5.41, 5.74) is 7.38. The summed E-state index contributed by atoms with van der Waals surface area (Å²) >= 11 is 0. The van der Waals surface area contributed by atoms with E-state index in [0.29, 0.717) is 36.2 Å². The van der Waals surface area contributed by atoms with Crippen molar-refractivity contribution in [2.24, 2.45) is 5.73 Å². The van der Waals surface area contributed by atoms with Crippen molar-refractivity contribution in [1.29, 1.82) is 0 Å². The summed E-state index contributed by atoms with van der Waals surface area (Å²) in [6.45, 7) is 1.28. The first kappa shape index (κ1) is 23.1. The first-order valence-electron chi connectivity index (χ1n) is 10.2. The molecule has 3 rings (SSSR count). The molecule has 3 aromatic rings. The number of rotatable bonds is 12. The molecule has 0 aliphatic carbocycles. The number of aromatic amines is 1. The number of H-pyrrole nitrogens is 1. The third-order valence-corrected chi connectivity index (χ3v) is 4.83. The number of nitrogens with two attached hydrogens (primary N) is 1. The largest absolute Gasteiger partial charge is 0.493 e. The second kappa shape index (κ2) is 11.2. The monoisotopic (exact) mass is 440 g/mol. The highest BCUT2D eigenvalue weighted by molar-refractivity contribution is 5.91. The Morgan fingerprint density at radius 2 is 1.91 bits per heavy atom. The number of carbonyl (C=O) groups is 1. The lowest BCUT2D eigenvalue weighted by molar-refractivity contribution is 0.0996. The molecule has 2 aromatic carbocycles. The molecule has 9 heteroatoms. The Hall–Kier alpha value is -3.56. The Balaban J connectivity index is 1.39. The highest BCUT2D eigenvalue weighted by atomic mass is 16.5. The summed E-state index contributed by atoms with van der Waals surface area (Å²) in [5.74, 6) is 2.01. The van der Waals surface area contributed by atoms with Gasteiger partial charge in [-0.25, -0.2) is 4.98 Å². The van der Waals surface area contributed by atoms with Gasteiger partial charge in [0.1, 0.15) is 30.0 Å². The van der Waals surface area contributed by atoms with E-state index in [9.17, 15) is 9.90 Å². The van der Waals surface area contributed by atoms with E-state index in [2.05, 4.69) is 15.3 Å². The molecule has 0 bridgehead atoms. The summed E-state index contributed by atoms with van der Waals surface area (Å²) < 4.78 is 16.2.